The molecule has 106 valence electrons. The van der Waals surface area contributed by atoms with Gasteiger partial charge in [0.1, 0.15) is 10.6 Å². The number of aldehydes is 1. The third-order valence-electron chi connectivity index (χ3n) is 3.03. The van der Waals surface area contributed by atoms with Crippen molar-refractivity contribution in [2.24, 2.45) is 0 Å². The first-order chi connectivity index (χ1) is 10.1. The minimum absolute atomic E-state index is 0.268. The Morgan fingerprint density at radius 2 is 2.14 bits per heavy atom. The van der Waals surface area contributed by atoms with Gasteiger partial charge in [-0.05, 0) is 18.2 Å². The maximum absolute atomic E-state index is 11.6. The van der Waals surface area contributed by atoms with Gasteiger partial charge in [-0.2, -0.15) is 0 Å². The van der Waals surface area contributed by atoms with Gasteiger partial charge in [-0.3, -0.25) is 4.79 Å². The second-order valence-corrected chi connectivity index (χ2v) is 5.70. The first-order valence-corrected chi connectivity index (χ1v) is 7.19. The third kappa shape index (κ3) is 2.34. The fraction of sp³-hybridized carbons (Fsp3) is 0.0667. The summed E-state index contributed by atoms with van der Waals surface area (Å²) in [6, 6.07) is 8.84. The Hall–Kier alpha value is -2.11. The van der Waals surface area contributed by atoms with Gasteiger partial charge in [0.2, 0.25) is 0 Å². The molecule has 4 nitrogen and oxygen atoms in total. The molecule has 0 bridgehead atoms. The molecule has 2 aromatic heterocycles. The van der Waals surface area contributed by atoms with E-state index in [-0.39, 0.29) is 5.76 Å². The van der Waals surface area contributed by atoms with Gasteiger partial charge in [-0.1, -0.05) is 23.7 Å². The zero-order valence-corrected chi connectivity index (χ0v) is 12.5. The standard InChI is InChI=1S/C15H9ClO4S/c1-19-15(18)14-13(16)10-4-2-8(6-12(10)21-14)11-5-3-9(7-17)20-11/h2-7H,1H3. The highest BCUT2D eigenvalue weighted by Gasteiger charge is 2.18. The van der Waals surface area contributed by atoms with Gasteiger partial charge < -0.3 is 9.15 Å². The van der Waals surface area contributed by atoms with Gasteiger partial charge in [-0.25, -0.2) is 4.79 Å². The summed E-state index contributed by atoms with van der Waals surface area (Å²) in [5.74, 6) is 0.400. The average molecular weight is 321 g/mol. The number of benzene rings is 1. The lowest BCUT2D eigenvalue weighted by atomic mass is 10.1. The second kappa shape index (κ2) is 5.35. The largest absolute Gasteiger partial charge is 0.465 e. The van der Waals surface area contributed by atoms with Gasteiger partial charge in [0.05, 0.1) is 12.1 Å². The van der Waals surface area contributed by atoms with Crippen molar-refractivity contribution < 1.29 is 18.7 Å². The maximum atomic E-state index is 11.6. The minimum Gasteiger partial charge on any atom is -0.465 e. The Bertz CT molecular complexity index is 847. The Kier molecular flexibility index (Phi) is 3.53. The van der Waals surface area contributed by atoms with Gasteiger partial charge in [-0.15, -0.1) is 11.3 Å². The zero-order valence-electron chi connectivity index (χ0n) is 10.9. The van der Waals surface area contributed by atoms with E-state index >= 15 is 0 Å². The lowest BCUT2D eigenvalue weighted by Gasteiger charge is -1.97. The predicted molar refractivity (Wildman–Crippen MR) is 81.3 cm³/mol. The number of hydrogen-bond acceptors (Lipinski definition) is 5. The second-order valence-electron chi connectivity index (χ2n) is 4.27. The molecule has 1 aromatic carbocycles. The summed E-state index contributed by atoms with van der Waals surface area (Å²) in [6.07, 6.45) is 0.652. The molecule has 2 heterocycles. The number of ether oxygens (including phenoxy) is 1. The number of fused-ring (bicyclic) bond motifs is 1. The van der Waals surface area contributed by atoms with Crippen LogP contribution in [0.15, 0.2) is 34.7 Å². The summed E-state index contributed by atoms with van der Waals surface area (Å²) in [7, 11) is 1.32. The summed E-state index contributed by atoms with van der Waals surface area (Å²) in [6.45, 7) is 0. The van der Waals surface area contributed by atoms with E-state index in [9.17, 15) is 9.59 Å². The predicted octanol–water partition coefficient (Wildman–Crippen LogP) is 4.41. The molecule has 0 radical (unpaired) electrons. The molecule has 0 atom stereocenters. The van der Waals surface area contributed by atoms with Crippen LogP contribution < -0.4 is 0 Å². The van der Waals surface area contributed by atoms with E-state index in [1.807, 2.05) is 18.2 Å². The van der Waals surface area contributed by atoms with E-state index in [0.29, 0.717) is 21.9 Å². The molecule has 21 heavy (non-hydrogen) atoms. The number of carbonyl (C=O) groups is 2. The first kappa shape index (κ1) is 13.9. The smallest absolute Gasteiger partial charge is 0.349 e. The van der Waals surface area contributed by atoms with Crippen LogP contribution in [0.1, 0.15) is 20.2 Å². The maximum Gasteiger partial charge on any atom is 0.349 e. The molecule has 0 N–H and O–H groups in total. The normalized spacial score (nSPS) is 10.8. The summed E-state index contributed by atoms with van der Waals surface area (Å²) in [5.41, 5.74) is 0.810. The lowest BCUT2D eigenvalue weighted by molar-refractivity contribution is 0.0606. The topological polar surface area (TPSA) is 56.5 Å². The zero-order chi connectivity index (χ0) is 15.0. The molecule has 6 heteroatoms. The molecule has 0 unspecified atom stereocenters. The Labute approximate surface area is 128 Å². The number of rotatable bonds is 3. The Morgan fingerprint density at radius 1 is 1.33 bits per heavy atom. The van der Waals surface area contributed by atoms with Gasteiger partial charge in [0, 0.05) is 15.6 Å². The number of halogens is 1. The van der Waals surface area contributed by atoms with E-state index in [4.69, 9.17) is 20.8 Å². The number of hydrogen-bond donors (Lipinski definition) is 0. The summed E-state index contributed by atoms with van der Waals surface area (Å²) >= 11 is 7.46. The van der Waals surface area contributed by atoms with Gasteiger partial charge >= 0.3 is 5.97 Å². The van der Waals surface area contributed by atoms with Crippen molar-refractivity contribution in [3.63, 3.8) is 0 Å². The number of methoxy groups -OCH3 is 1. The number of carbonyl (C=O) groups excluding carboxylic acids is 2. The van der Waals surface area contributed by atoms with Crippen molar-refractivity contribution in [1.29, 1.82) is 0 Å². The van der Waals surface area contributed by atoms with Crippen molar-refractivity contribution in [3.05, 3.63) is 46.0 Å². The fourth-order valence-corrected chi connectivity index (χ4v) is 3.48. The van der Waals surface area contributed by atoms with Crippen LogP contribution in [0.5, 0.6) is 0 Å². The van der Waals surface area contributed by atoms with Crippen molar-refractivity contribution in [2.75, 3.05) is 7.11 Å². The van der Waals surface area contributed by atoms with E-state index < -0.39 is 5.97 Å². The highest BCUT2D eigenvalue weighted by atomic mass is 35.5. The summed E-state index contributed by atoms with van der Waals surface area (Å²) in [4.78, 5) is 22.7. The molecule has 0 aliphatic carbocycles. The van der Waals surface area contributed by atoms with Crippen LogP contribution >= 0.6 is 22.9 Å². The molecule has 0 aliphatic heterocycles. The summed E-state index contributed by atoms with van der Waals surface area (Å²) in [5, 5.41) is 1.18. The van der Waals surface area contributed by atoms with Crippen LogP contribution in [0.2, 0.25) is 5.02 Å². The van der Waals surface area contributed by atoms with Crippen LogP contribution in [0.4, 0.5) is 0 Å². The lowest BCUT2D eigenvalue weighted by Crippen LogP contribution is -1.97. The molecule has 3 rings (SSSR count). The van der Waals surface area contributed by atoms with E-state index in [1.54, 1.807) is 12.1 Å². The minimum atomic E-state index is -0.455. The molecule has 0 saturated heterocycles. The molecule has 0 aliphatic rings. The SMILES string of the molecule is COC(=O)c1sc2cc(-c3ccc(C=O)o3)ccc2c1Cl. The highest BCUT2D eigenvalue weighted by Crippen LogP contribution is 2.38. The fourth-order valence-electron chi connectivity index (χ4n) is 2.01. The first-order valence-electron chi connectivity index (χ1n) is 6.00. The number of thiophene rings is 1. The van der Waals surface area contributed by atoms with Crippen LogP contribution in [-0.4, -0.2) is 19.4 Å². The molecular formula is C15H9ClO4S. The number of esters is 1. The van der Waals surface area contributed by atoms with Crippen molar-refractivity contribution >= 4 is 45.3 Å². The summed E-state index contributed by atoms with van der Waals surface area (Å²) < 4.78 is 10.9. The molecule has 0 amide bonds. The van der Waals surface area contributed by atoms with Crippen LogP contribution in [0.25, 0.3) is 21.4 Å². The molecule has 0 spiro atoms. The molecular weight excluding hydrogens is 312 g/mol. The third-order valence-corrected chi connectivity index (χ3v) is 4.66. The number of furan rings is 1. The van der Waals surface area contributed by atoms with E-state index in [2.05, 4.69) is 0 Å². The Balaban J connectivity index is 2.12. The van der Waals surface area contributed by atoms with Crippen molar-refractivity contribution in [3.8, 4) is 11.3 Å². The molecule has 0 saturated carbocycles. The van der Waals surface area contributed by atoms with Crippen LogP contribution in [0.3, 0.4) is 0 Å². The van der Waals surface area contributed by atoms with Gasteiger partial charge in [0.15, 0.2) is 12.0 Å². The van der Waals surface area contributed by atoms with Crippen molar-refractivity contribution in [1.82, 2.24) is 0 Å². The van der Waals surface area contributed by atoms with E-state index in [1.165, 1.54) is 18.4 Å². The highest BCUT2D eigenvalue weighted by molar-refractivity contribution is 7.21. The monoisotopic (exact) mass is 320 g/mol. The van der Waals surface area contributed by atoms with E-state index in [0.717, 1.165) is 15.6 Å². The molecule has 0 fully saturated rings. The van der Waals surface area contributed by atoms with Gasteiger partial charge in [0.25, 0.3) is 0 Å². The van der Waals surface area contributed by atoms with Crippen molar-refractivity contribution in [2.45, 2.75) is 0 Å². The van der Waals surface area contributed by atoms with Crippen LogP contribution in [0, 0.1) is 0 Å². The van der Waals surface area contributed by atoms with Crippen LogP contribution in [-0.2, 0) is 4.74 Å². The molecule has 3 aromatic rings. The Morgan fingerprint density at radius 3 is 2.81 bits per heavy atom. The quantitative estimate of drug-likeness (QED) is 0.529. The average Bonchev–Trinajstić information content (AvgIpc) is 3.11.